The Hall–Kier alpha value is -2.91. The van der Waals surface area contributed by atoms with Crippen LogP contribution in [-0.4, -0.2) is 32.6 Å². The molecule has 2 N–H and O–H groups in total. The first-order valence-electron chi connectivity index (χ1n) is 6.32. The molecule has 0 amide bonds. The molecule has 23 heavy (non-hydrogen) atoms. The van der Waals surface area contributed by atoms with Crippen LogP contribution < -0.4 is 10.5 Å². The molecule has 3 rings (SSSR count). The van der Waals surface area contributed by atoms with Gasteiger partial charge in [0.25, 0.3) is 6.43 Å². The third kappa shape index (κ3) is 2.87. The van der Waals surface area contributed by atoms with Crippen LogP contribution in [-0.2, 0) is 0 Å². The summed E-state index contributed by atoms with van der Waals surface area (Å²) < 4.78 is 57.3. The lowest BCUT2D eigenvalue weighted by Crippen LogP contribution is -2.08. The van der Waals surface area contributed by atoms with E-state index < -0.39 is 30.5 Å². The Morgan fingerprint density at radius 2 is 1.96 bits per heavy atom. The minimum atomic E-state index is -2.62. The summed E-state index contributed by atoms with van der Waals surface area (Å²) in [6.07, 6.45) is -0.199. The van der Waals surface area contributed by atoms with Crippen LogP contribution >= 0.6 is 0 Å². The monoisotopic (exact) mass is 327 g/mol. The topological polar surface area (TPSA) is 78.3 Å². The molecule has 0 saturated carbocycles. The predicted octanol–water partition coefficient (Wildman–Crippen LogP) is 2.30. The van der Waals surface area contributed by atoms with Crippen LogP contribution in [0, 0.1) is 11.6 Å². The summed E-state index contributed by atoms with van der Waals surface area (Å²) in [5, 5.41) is 3.93. The predicted molar refractivity (Wildman–Crippen MR) is 72.0 cm³/mol. The number of imidazole rings is 1. The molecular weight excluding hydrogens is 318 g/mol. The number of rotatable bonds is 4. The van der Waals surface area contributed by atoms with Crippen LogP contribution in [0.25, 0.3) is 17.0 Å². The van der Waals surface area contributed by atoms with Gasteiger partial charge in [-0.15, -0.1) is 0 Å². The maximum atomic E-state index is 13.9. The standard InChI is InChI=1S/C13H9F4N5O/c14-7-2-8(15)13(18)21-12(7)9-4-19-11-1-6(3-20-22(9)11)23-5-10(16)17/h1-4,10H,5H2,(H2,18,21). The van der Waals surface area contributed by atoms with Crippen molar-refractivity contribution in [2.24, 2.45) is 0 Å². The largest absolute Gasteiger partial charge is 0.486 e. The van der Waals surface area contributed by atoms with Crippen molar-refractivity contribution in [3.63, 3.8) is 0 Å². The van der Waals surface area contributed by atoms with E-state index in [9.17, 15) is 17.6 Å². The molecule has 3 aromatic rings. The summed E-state index contributed by atoms with van der Waals surface area (Å²) in [5.74, 6) is -2.29. The third-order valence-corrected chi connectivity index (χ3v) is 2.91. The Kier molecular flexibility index (Phi) is 3.72. The number of hydrogen-bond donors (Lipinski definition) is 1. The average Bonchev–Trinajstić information content (AvgIpc) is 2.92. The zero-order valence-corrected chi connectivity index (χ0v) is 11.4. The van der Waals surface area contributed by atoms with Crippen LogP contribution in [0.2, 0.25) is 0 Å². The van der Waals surface area contributed by atoms with E-state index in [0.717, 1.165) is 0 Å². The second kappa shape index (κ2) is 5.71. The quantitative estimate of drug-likeness (QED) is 0.744. The van der Waals surface area contributed by atoms with E-state index >= 15 is 0 Å². The molecule has 0 aliphatic carbocycles. The van der Waals surface area contributed by atoms with Crippen LogP contribution in [0.3, 0.4) is 0 Å². The van der Waals surface area contributed by atoms with Crippen molar-refractivity contribution in [2.45, 2.75) is 6.43 Å². The highest BCUT2D eigenvalue weighted by atomic mass is 19.3. The molecular formula is C13H9F4N5O. The fourth-order valence-corrected chi connectivity index (χ4v) is 1.92. The molecule has 0 atom stereocenters. The first kappa shape index (κ1) is 15.0. The Bertz CT molecular complexity index is 867. The van der Waals surface area contributed by atoms with E-state index in [-0.39, 0.29) is 22.8 Å². The number of nitrogens with two attached hydrogens (primary N) is 1. The van der Waals surface area contributed by atoms with E-state index in [4.69, 9.17) is 10.5 Å². The normalized spacial score (nSPS) is 11.3. The lowest BCUT2D eigenvalue weighted by molar-refractivity contribution is 0.0817. The smallest absolute Gasteiger partial charge is 0.272 e. The van der Waals surface area contributed by atoms with Crippen LogP contribution in [0.1, 0.15) is 0 Å². The molecule has 120 valence electrons. The second-order valence-electron chi connectivity index (χ2n) is 4.49. The molecule has 0 saturated heterocycles. The maximum absolute atomic E-state index is 13.9. The van der Waals surface area contributed by atoms with Crippen molar-refractivity contribution >= 4 is 11.5 Å². The lowest BCUT2D eigenvalue weighted by atomic mass is 10.2. The average molecular weight is 327 g/mol. The van der Waals surface area contributed by atoms with Crippen LogP contribution in [0.4, 0.5) is 23.4 Å². The van der Waals surface area contributed by atoms with Gasteiger partial charge in [0.15, 0.2) is 23.1 Å². The molecule has 0 unspecified atom stereocenters. The lowest BCUT2D eigenvalue weighted by Gasteiger charge is -2.06. The van der Waals surface area contributed by atoms with Gasteiger partial charge in [-0.3, -0.25) is 0 Å². The molecule has 0 radical (unpaired) electrons. The first-order valence-corrected chi connectivity index (χ1v) is 6.32. The van der Waals surface area contributed by atoms with Gasteiger partial charge in [-0.25, -0.2) is 32.0 Å². The number of nitrogen functional groups attached to an aromatic ring is 1. The van der Waals surface area contributed by atoms with Gasteiger partial charge in [0.05, 0.1) is 12.4 Å². The molecule has 0 aliphatic rings. The van der Waals surface area contributed by atoms with Crippen molar-refractivity contribution in [1.82, 2.24) is 19.6 Å². The van der Waals surface area contributed by atoms with Crippen LogP contribution in [0.15, 0.2) is 24.5 Å². The van der Waals surface area contributed by atoms with Gasteiger partial charge in [-0.2, -0.15) is 5.10 Å². The van der Waals surface area contributed by atoms with E-state index in [1.165, 1.54) is 23.0 Å². The number of halogens is 4. The highest BCUT2D eigenvalue weighted by Gasteiger charge is 2.17. The summed E-state index contributed by atoms with van der Waals surface area (Å²) in [6, 6.07) is 1.96. The SMILES string of the molecule is Nc1nc(-c2cnc3cc(OCC(F)F)cnn23)c(F)cc1F. The molecule has 0 bridgehead atoms. The van der Waals surface area contributed by atoms with Gasteiger partial charge in [-0.05, 0) is 0 Å². The number of alkyl halides is 2. The Morgan fingerprint density at radius 1 is 1.17 bits per heavy atom. The number of hydrogen-bond acceptors (Lipinski definition) is 5. The zero-order valence-electron chi connectivity index (χ0n) is 11.4. The number of fused-ring (bicyclic) bond motifs is 1. The van der Waals surface area contributed by atoms with E-state index in [1.807, 2.05) is 0 Å². The minimum absolute atomic E-state index is 0.0852. The number of ether oxygens (including phenoxy) is 1. The fraction of sp³-hybridized carbons (Fsp3) is 0.154. The zero-order chi connectivity index (χ0) is 16.6. The second-order valence-corrected chi connectivity index (χ2v) is 4.49. The number of nitrogens with zero attached hydrogens (tertiary/aromatic N) is 4. The van der Waals surface area contributed by atoms with Crippen LogP contribution in [0.5, 0.6) is 5.75 Å². The molecule has 10 heteroatoms. The van der Waals surface area contributed by atoms with Crippen molar-refractivity contribution < 1.29 is 22.3 Å². The third-order valence-electron chi connectivity index (χ3n) is 2.91. The highest BCUT2D eigenvalue weighted by molar-refractivity contribution is 5.62. The van der Waals surface area contributed by atoms with Crippen molar-refractivity contribution in [3.05, 3.63) is 36.2 Å². The molecule has 3 aromatic heterocycles. The summed E-state index contributed by atoms with van der Waals surface area (Å²) in [6.45, 7) is -0.782. The van der Waals surface area contributed by atoms with Gasteiger partial charge in [0.2, 0.25) is 0 Å². The molecule has 0 spiro atoms. The Labute approximate surface area is 126 Å². The van der Waals surface area contributed by atoms with E-state index in [0.29, 0.717) is 6.07 Å². The van der Waals surface area contributed by atoms with Gasteiger partial charge in [0.1, 0.15) is 23.7 Å². The van der Waals surface area contributed by atoms with Crippen molar-refractivity contribution in [1.29, 1.82) is 0 Å². The summed E-state index contributed by atoms with van der Waals surface area (Å²) >= 11 is 0. The van der Waals surface area contributed by atoms with Gasteiger partial charge >= 0.3 is 0 Å². The molecule has 3 heterocycles. The fourth-order valence-electron chi connectivity index (χ4n) is 1.92. The van der Waals surface area contributed by atoms with Gasteiger partial charge < -0.3 is 10.5 Å². The molecule has 0 aromatic carbocycles. The number of anilines is 1. The summed E-state index contributed by atoms with van der Waals surface area (Å²) in [7, 11) is 0. The van der Waals surface area contributed by atoms with E-state index in [2.05, 4.69) is 15.1 Å². The highest BCUT2D eigenvalue weighted by Crippen LogP contribution is 2.25. The minimum Gasteiger partial charge on any atom is -0.486 e. The number of aromatic nitrogens is 4. The molecule has 6 nitrogen and oxygen atoms in total. The Morgan fingerprint density at radius 3 is 2.70 bits per heavy atom. The van der Waals surface area contributed by atoms with Crippen molar-refractivity contribution in [2.75, 3.05) is 12.3 Å². The number of pyridine rings is 1. The Balaban J connectivity index is 2.02. The molecule has 0 fully saturated rings. The molecule has 0 aliphatic heterocycles. The summed E-state index contributed by atoms with van der Waals surface area (Å²) in [5.41, 5.74) is 5.45. The van der Waals surface area contributed by atoms with Crippen molar-refractivity contribution in [3.8, 4) is 17.1 Å². The first-order chi connectivity index (χ1) is 11.0. The maximum Gasteiger partial charge on any atom is 0.272 e. The van der Waals surface area contributed by atoms with Gasteiger partial charge in [0, 0.05) is 12.1 Å². The van der Waals surface area contributed by atoms with Gasteiger partial charge in [-0.1, -0.05) is 0 Å². The van der Waals surface area contributed by atoms with E-state index in [1.54, 1.807) is 0 Å². The summed E-state index contributed by atoms with van der Waals surface area (Å²) in [4.78, 5) is 7.61.